The summed E-state index contributed by atoms with van der Waals surface area (Å²) in [6.07, 6.45) is 3.79. The van der Waals surface area contributed by atoms with Gasteiger partial charge in [-0.15, -0.1) is 5.10 Å². The van der Waals surface area contributed by atoms with E-state index in [1.54, 1.807) is 18.2 Å². The number of anilines is 2. The Labute approximate surface area is 216 Å². The first-order valence-corrected chi connectivity index (χ1v) is 14.0. The molecule has 1 aromatic carbocycles. The standard InChI is InChI=1S/C24H24ClF3N6O2S/c1-21(27,28)22-11-24(12-22,13-22)37(35,36)34-17-4-2-3-16(25)18(17)19(31-34)33-8-7-32(14-23(33)5-6-23)20-29-9-15(26)10-30-20/h2-4,9-10H,5-8,11-14H2,1H3. The van der Waals surface area contributed by atoms with Crippen molar-refractivity contribution < 1.29 is 21.6 Å². The number of fused-ring (bicyclic) bond motifs is 1. The van der Waals surface area contributed by atoms with Crippen molar-refractivity contribution in [3.8, 4) is 0 Å². The van der Waals surface area contributed by atoms with Crippen LogP contribution < -0.4 is 9.80 Å². The van der Waals surface area contributed by atoms with Gasteiger partial charge in [-0.3, -0.25) is 0 Å². The van der Waals surface area contributed by atoms with Crippen molar-refractivity contribution in [2.45, 2.75) is 55.2 Å². The molecule has 37 heavy (non-hydrogen) atoms. The molecule has 1 saturated heterocycles. The van der Waals surface area contributed by atoms with Crippen molar-refractivity contribution in [2.75, 3.05) is 29.4 Å². The summed E-state index contributed by atoms with van der Waals surface area (Å²) in [5.41, 5.74) is -1.19. The van der Waals surface area contributed by atoms with Gasteiger partial charge in [0.2, 0.25) is 5.95 Å². The molecule has 2 aromatic heterocycles. The van der Waals surface area contributed by atoms with Crippen LogP contribution in [0.5, 0.6) is 0 Å². The molecule has 3 heterocycles. The lowest BCUT2D eigenvalue weighted by atomic mass is 9.41. The second-order valence-corrected chi connectivity index (χ2v) is 13.8. The maximum absolute atomic E-state index is 14.1. The van der Waals surface area contributed by atoms with E-state index in [1.165, 1.54) is 0 Å². The fourth-order valence-electron chi connectivity index (χ4n) is 6.59. The monoisotopic (exact) mass is 552 g/mol. The Morgan fingerprint density at radius 2 is 1.76 bits per heavy atom. The number of alkyl halides is 2. The topological polar surface area (TPSA) is 84.2 Å². The van der Waals surface area contributed by atoms with E-state index in [0.29, 0.717) is 47.3 Å². The Bertz CT molecular complexity index is 1530. The van der Waals surface area contributed by atoms with Gasteiger partial charge in [0.25, 0.3) is 15.9 Å². The molecule has 0 radical (unpaired) electrons. The third-order valence-corrected chi connectivity index (χ3v) is 11.5. The van der Waals surface area contributed by atoms with Crippen molar-refractivity contribution in [2.24, 2.45) is 5.41 Å². The average molecular weight is 553 g/mol. The summed E-state index contributed by atoms with van der Waals surface area (Å²) < 4.78 is 69.0. The molecule has 5 aliphatic rings. The van der Waals surface area contributed by atoms with E-state index in [4.69, 9.17) is 11.6 Å². The van der Waals surface area contributed by atoms with Crippen LogP contribution >= 0.6 is 11.6 Å². The molecule has 2 bridgehead atoms. The van der Waals surface area contributed by atoms with Gasteiger partial charge in [-0.2, -0.15) is 4.09 Å². The van der Waals surface area contributed by atoms with Crippen molar-refractivity contribution in [3.63, 3.8) is 0 Å². The SMILES string of the molecule is CC(F)(F)C12CC(S(=O)(=O)n3nc(N4CCN(c5ncc(F)cn5)CC45CC5)c4c(Cl)cccc43)(C1)C2. The summed E-state index contributed by atoms with van der Waals surface area (Å²) in [5, 5.41) is 5.54. The van der Waals surface area contributed by atoms with Gasteiger partial charge in [0, 0.05) is 25.0 Å². The van der Waals surface area contributed by atoms with E-state index in [-0.39, 0.29) is 24.8 Å². The zero-order valence-electron chi connectivity index (χ0n) is 20.0. The van der Waals surface area contributed by atoms with E-state index in [2.05, 4.69) is 20.0 Å². The molecule has 4 aliphatic carbocycles. The third kappa shape index (κ3) is 3.02. The van der Waals surface area contributed by atoms with E-state index in [0.717, 1.165) is 36.2 Å². The molecule has 1 aliphatic heterocycles. The zero-order valence-corrected chi connectivity index (χ0v) is 21.5. The number of hydrogen-bond donors (Lipinski definition) is 0. The second kappa shape index (κ2) is 7.07. The number of piperazine rings is 1. The Kier molecular flexibility index (Phi) is 4.50. The van der Waals surface area contributed by atoms with Crippen molar-refractivity contribution in [3.05, 3.63) is 41.4 Å². The normalized spacial score (nSPS) is 28.4. The van der Waals surface area contributed by atoms with Gasteiger partial charge in [-0.05, 0) is 51.2 Å². The molecule has 196 valence electrons. The Balaban J connectivity index is 1.26. The van der Waals surface area contributed by atoms with Gasteiger partial charge in [0.15, 0.2) is 11.6 Å². The van der Waals surface area contributed by atoms with Gasteiger partial charge in [-0.1, -0.05) is 17.7 Å². The summed E-state index contributed by atoms with van der Waals surface area (Å²) in [6, 6.07) is 5.03. The fourth-order valence-corrected chi connectivity index (χ4v) is 9.19. The van der Waals surface area contributed by atoms with Crippen molar-refractivity contribution >= 4 is 44.3 Å². The van der Waals surface area contributed by atoms with Crippen LogP contribution in [0.3, 0.4) is 0 Å². The number of nitrogens with zero attached hydrogens (tertiary/aromatic N) is 6. The maximum Gasteiger partial charge on any atom is 0.260 e. The highest BCUT2D eigenvalue weighted by atomic mass is 35.5. The van der Waals surface area contributed by atoms with E-state index >= 15 is 0 Å². The summed E-state index contributed by atoms with van der Waals surface area (Å²) in [4.78, 5) is 12.3. The van der Waals surface area contributed by atoms with Crippen LogP contribution in [-0.2, 0) is 10.0 Å². The maximum atomic E-state index is 14.1. The molecule has 8 rings (SSSR count). The zero-order chi connectivity index (χ0) is 26.0. The quantitative estimate of drug-likeness (QED) is 0.468. The van der Waals surface area contributed by atoms with E-state index < -0.39 is 31.9 Å². The van der Waals surface area contributed by atoms with Crippen LogP contribution in [-0.4, -0.2) is 63.4 Å². The van der Waals surface area contributed by atoms with Crippen LogP contribution in [0.2, 0.25) is 5.02 Å². The van der Waals surface area contributed by atoms with Crippen LogP contribution in [0.15, 0.2) is 30.6 Å². The molecule has 3 aromatic rings. The third-order valence-electron chi connectivity index (χ3n) is 8.92. The smallest absolute Gasteiger partial charge is 0.260 e. The van der Waals surface area contributed by atoms with Crippen LogP contribution in [0, 0.1) is 11.2 Å². The molecule has 0 atom stereocenters. The lowest BCUT2D eigenvalue weighted by molar-refractivity contribution is -0.241. The Morgan fingerprint density at radius 1 is 1.08 bits per heavy atom. The molecule has 13 heteroatoms. The average Bonchev–Trinajstić information content (AvgIpc) is 3.39. The molecular weight excluding hydrogens is 529 g/mol. The molecular formula is C24H24ClF3N6O2S. The minimum absolute atomic E-state index is 0.0661. The summed E-state index contributed by atoms with van der Waals surface area (Å²) in [6.45, 7) is 2.48. The van der Waals surface area contributed by atoms with Crippen LogP contribution in [0.1, 0.15) is 39.0 Å². The van der Waals surface area contributed by atoms with E-state index in [9.17, 15) is 21.6 Å². The fraction of sp³-hybridized carbons (Fsp3) is 0.542. The number of rotatable bonds is 5. The number of hydrogen-bond acceptors (Lipinski definition) is 7. The second-order valence-electron chi connectivity index (χ2n) is 11.2. The highest BCUT2D eigenvalue weighted by Gasteiger charge is 2.81. The number of benzene rings is 1. The first kappa shape index (κ1) is 23.5. The lowest BCUT2D eigenvalue weighted by Crippen LogP contribution is -2.76. The number of halogens is 4. The molecule has 5 fully saturated rings. The highest BCUT2D eigenvalue weighted by molar-refractivity contribution is 7.91. The molecule has 0 amide bonds. The van der Waals surface area contributed by atoms with Gasteiger partial charge >= 0.3 is 0 Å². The Morgan fingerprint density at radius 3 is 2.38 bits per heavy atom. The van der Waals surface area contributed by atoms with Crippen LogP contribution in [0.4, 0.5) is 24.9 Å². The number of aromatic nitrogens is 4. The Hall–Kier alpha value is -2.60. The highest BCUT2D eigenvalue weighted by Crippen LogP contribution is 2.76. The largest absolute Gasteiger partial charge is 0.345 e. The molecule has 1 spiro atoms. The predicted octanol–water partition coefficient (Wildman–Crippen LogP) is 4.23. The van der Waals surface area contributed by atoms with Crippen LogP contribution in [0.25, 0.3) is 10.9 Å². The van der Waals surface area contributed by atoms with Crippen molar-refractivity contribution in [1.82, 2.24) is 19.2 Å². The van der Waals surface area contributed by atoms with Gasteiger partial charge in [0.05, 0.1) is 38.6 Å². The van der Waals surface area contributed by atoms with E-state index in [1.807, 2.05) is 4.90 Å². The first-order valence-electron chi connectivity index (χ1n) is 12.2. The first-order chi connectivity index (χ1) is 17.4. The minimum Gasteiger partial charge on any atom is -0.345 e. The van der Waals surface area contributed by atoms with Gasteiger partial charge in [0.1, 0.15) is 0 Å². The molecule has 4 saturated carbocycles. The lowest BCUT2D eigenvalue weighted by Gasteiger charge is -2.70. The summed E-state index contributed by atoms with van der Waals surface area (Å²) in [7, 11) is -4.05. The minimum atomic E-state index is -4.05. The van der Waals surface area contributed by atoms with Crippen molar-refractivity contribution in [1.29, 1.82) is 0 Å². The molecule has 0 N–H and O–H groups in total. The molecule has 8 nitrogen and oxygen atoms in total. The summed E-state index contributed by atoms with van der Waals surface area (Å²) in [5.74, 6) is -2.51. The van der Waals surface area contributed by atoms with Gasteiger partial charge < -0.3 is 9.80 Å². The summed E-state index contributed by atoms with van der Waals surface area (Å²) >= 11 is 6.61. The van der Waals surface area contributed by atoms with Gasteiger partial charge in [-0.25, -0.2) is 31.6 Å². The predicted molar refractivity (Wildman–Crippen MR) is 132 cm³/mol. The molecule has 0 unspecified atom stereocenters.